The van der Waals surface area contributed by atoms with E-state index in [4.69, 9.17) is 0 Å². The summed E-state index contributed by atoms with van der Waals surface area (Å²) >= 11 is 2.00. The lowest BCUT2D eigenvalue weighted by molar-refractivity contribution is 0.332. The van der Waals surface area contributed by atoms with Crippen molar-refractivity contribution in [3.63, 3.8) is 0 Å². The number of aromatic nitrogens is 1. The van der Waals surface area contributed by atoms with Gasteiger partial charge in [0.05, 0.1) is 11.0 Å². The van der Waals surface area contributed by atoms with Crippen molar-refractivity contribution in [3.8, 4) is 16.8 Å². The molecule has 2 aliphatic heterocycles. The maximum atomic E-state index is 2.85. The predicted molar refractivity (Wildman–Crippen MR) is 290 cm³/mol. The van der Waals surface area contributed by atoms with Crippen molar-refractivity contribution in [1.29, 1.82) is 0 Å². The van der Waals surface area contributed by atoms with Crippen LogP contribution in [0.1, 0.15) is 167 Å². The minimum Gasteiger partial charge on any atom is -0.376 e. The zero-order chi connectivity index (χ0) is 46.7. The van der Waals surface area contributed by atoms with E-state index in [-0.39, 0.29) is 39.3 Å². The Morgan fingerprint density at radius 3 is 1.76 bits per heavy atom. The number of rotatable bonds is 1. The molecule has 4 heteroatoms. The Bertz CT molecular complexity index is 3480. The summed E-state index contributed by atoms with van der Waals surface area (Å²) in [6.45, 7) is 38.8. The largest absolute Gasteiger partial charge is 0.376 e. The molecule has 0 unspecified atom stereocenters. The van der Waals surface area contributed by atoms with Gasteiger partial charge in [0.1, 0.15) is 0 Å². The molecule has 0 atom stereocenters. The Kier molecular flexibility index (Phi) is 8.41. The number of nitrogens with zero attached hydrogens (tertiary/aromatic N) is 2. The van der Waals surface area contributed by atoms with Crippen LogP contribution in [0.15, 0.2) is 78.9 Å². The molecule has 0 N–H and O–H groups in total. The third-order valence-electron chi connectivity index (χ3n) is 17.5. The second-order valence-electron chi connectivity index (χ2n) is 26.1. The first-order chi connectivity index (χ1) is 30.8. The summed E-state index contributed by atoms with van der Waals surface area (Å²) in [5.74, 6) is 0. The van der Waals surface area contributed by atoms with E-state index in [1.165, 1.54) is 146 Å². The molecule has 0 amide bonds. The molecular weight excluding hydrogens is 816 g/mol. The van der Waals surface area contributed by atoms with Crippen LogP contribution in [0.5, 0.6) is 0 Å². The van der Waals surface area contributed by atoms with Gasteiger partial charge in [-0.15, -0.1) is 11.3 Å². The molecule has 0 fully saturated rings. The molecule has 4 aliphatic rings. The van der Waals surface area contributed by atoms with Crippen molar-refractivity contribution in [3.05, 3.63) is 123 Å². The maximum absolute atomic E-state index is 2.85. The van der Waals surface area contributed by atoms with Crippen LogP contribution < -0.4 is 15.7 Å². The topological polar surface area (TPSA) is 8.17 Å². The highest BCUT2D eigenvalue weighted by atomic mass is 32.1. The van der Waals surface area contributed by atoms with Gasteiger partial charge in [-0.3, -0.25) is 0 Å². The lowest BCUT2D eigenvalue weighted by Gasteiger charge is -2.46. The highest BCUT2D eigenvalue weighted by Gasteiger charge is 2.47. The number of aryl methyl sites for hydroxylation is 2. The Balaban J connectivity index is 1.27. The molecule has 0 saturated carbocycles. The molecule has 0 radical (unpaired) electrons. The fraction of sp³-hybridized carbons (Fsp3) is 0.419. The molecule has 0 spiro atoms. The van der Waals surface area contributed by atoms with Gasteiger partial charge in [-0.2, -0.15) is 0 Å². The quantitative estimate of drug-likeness (QED) is 0.149. The summed E-state index contributed by atoms with van der Waals surface area (Å²) in [5, 5.41) is 5.58. The van der Waals surface area contributed by atoms with E-state index < -0.39 is 0 Å². The van der Waals surface area contributed by atoms with Crippen LogP contribution in [0.2, 0.25) is 0 Å². The first-order valence-electron chi connectivity index (χ1n) is 25.0. The molecule has 2 aliphatic carbocycles. The number of hydrogen-bond donors (Lipinski definition) is 0. The van der Waals surface area contributed by atoms with Gasteiger partial charge in [0.25, 0.3) is 0 Å². The molecule has 66 heavy (non-hydrogen) atoms. The van der Waals surface area contributed by atoms with E-state index in [2.05, 4.69) is 199 Å². The lowest BCUT2D eigenvalue weighted by atomic mass is 9.43. The summed E-state index contributed by atoms with van der Waals surface area (Å²) in [6, 6.07) is 33.1. The molecule has 2 aromatic heterocycles. The molecule has 4 heterocycles. The number of hydrogen-bond acceptors (Lipinski definition) is 2. The molecule has 0 saturated heterocycles. The smallest absolute Gasteiger partial charge is 0.333 e. The van der Waals surface area contributed by atoms with Gasteiger partial charge in [0.2, 0.25) is 0 Å². The SMILES string of the molecule is Cc1cc2c3c(c1)-n1c4ccc(C(C)(C)C)cc4c4cc(C(C)(C)C)cc(c41)B3N(c1cc3c(cc1C)C(C)(C)CCC3(C)C)c1ccc3sc4cc5c(cc4c3c1-2)C(C)(C)CCC5(C)C. The predicted octanol–water partition coefficient (Wildman–Crippen LogP) is 16.3. The normalized spacial score (nSPS) is 18.8. The van der Waals surface area contributed by atoms with Gasteiger partial charge in [-0.1, -0.05) is 121 Å². The van der Waals surface area contributed by atoms with Crippen molar-refractivity contribution >= 4 is 82.5 Å². The standard InChI is InChI=1S/C62H69BN2S/c1-34-25-41-53-48(19-20-51-54(53)40-31-43-45(33-52(40)66-51)62(15,16)24-22-60(43,11)12)65(49-32-44-42(27-35(49)2)59(9,10)21-23-61(44,13)14)63-46-30-37(58(6,7)8)29-39-38-28-36(57(3,4)5)17-18-47(38)64(56(39)46)50(26-34)55(41)63/h17-20,25-33H,21-24H2,1-16H3. The molecule has 6 aromatic carbocycles. The second-order valence-corrected chi connectivity index (χ2v) is 27.2. The number of anilines is 2. The van der Waals surface area contributed by atoms with Crippen LogP contribution in [-0.2, 0) is 32.5 Å². The maximum Gasteiger partial charge on any atom is 0.333 e. The first kappa shape index (κ1) is 42.6. The molecule has 8 aromatic rings. The summed E-state index contributed by atoms with van der Waals surface area (Å²) in [7, 11) is 0. The summed E-state index contributed by atoms with van der Waals surface area (Å²) in [5.41, 5.74) is 24.3. The van der Waals surface area contributed by atoms with Gasteiger partial charge < -0.3 is 9.38 Å². The third-order valence-corrected chi connectivity index (χ3v) is 18.7. The van der Waals surface area contributed by atoms with Crippen LogP contribution in [0.25, 0.3) is 58.8 Å². The van der Waals surface area contributed by atoms with Gasteiger partial charge in [0.15, 0.2) is 0 Å². The highest BCUT2D eigenvalue weighted by molar-refractivity contribution is 7.26. The van der Waals surface area contributed by atoms with Crippen molar-refractivity contribution in [2.24, 2.45) is 0 Å². The van der Waals surface area contributed by atoms with Crippen molar-refractivity contribution < 1.29 is 0 Å². The van der Waals surface area contributed by atoms with E-state index in [0.717, 1.165) is 0 Å². The number of fused-ring (bicyclic) bond motifs is 13. The van der Waals surface area contributed by atoms with E-state index in [0.29, 0.717) is 0 Å². The fourth-order valence-electron chi connectivity index (χ4n) is 13.2. The van der Waals surface area contributed by atoms with Crippen LogP contribution >= 0.6 is 11.3 Å². The Morgan fingerprint density at radius 1 is 0.530 bits per heavy atom. The van der Waals surface area contributed by atoms with Crippen molar-refractivity contribution in [2.75, 3.05) is 4.81 Å². The lowest BCUT2D eigenvalue weighted by Crippen LogP contribution is -2.61. The van der Waals surface area contributed by atoms with E-state index in [1.807, 2.05) is 11.3 Å². The second kappa shape index (κ2) is 13.0. The van der Waals surface area contributed by atoms with Crippen LogP contribution in [0.4, 0.5) is 11.4 Å². The molecular formula is C62H69BN2S. The van der Waals surface area contributed by atoms with E-state index in [1.54, 1.807) is 5.56 Å². The average molecular weight is 885 g/mol. The number of benzene rings is 6. The third kappa shape index (κ3) is 5.72. The Hall–Kier alpha value is -4.80. The summed E-state index contributed by atoms with van der Waals surface area (Å²) in [6.07, 6.45) is 4.81. The molecule has 336 valence electrons. The molecule has 12 rings (SSSR count). The summed E-state index contributed by atoms with van der Waals surface area (Å²) < 4.78 is 5.48. The van der Waals surface area contributed by atoms with Gasteiger partial charge >= 0.3 is 6.85 Å². The summed E-state index contributed by atoms with van der Waals surface area (Å²) in [4.78, 5) is 2.85. The van der Waals surface area contributed by atoms with Crippen LogP contribution in [0.3, 0.4) is 0 Å². The Morgan fingerprint density at radius 2 is 1.12 bits per heavy atom. The zero-order valence-electron chi connectivity index (χ0n) is 42.7. The van der Waals surface area contributed by atoms with Gasteiger partial charge in [0, 0.05) is 53.6 Å². The number of thiophene rings is 1. The minimum atomic E-state index is -0.0465. The highest BCUT2D eigenvalue weighted by Crippen LogP contribution is 2.56. The fourth-order valence-corrected chi connectivity index (χ4v) is 14.3. The zero-order valence-corrected chi connectivity index (χ0v) is 43.5. The van der Waals surface area contributed by atoms with Gasteiger partial charge in [-0.05, 0) is 188 Å². The van der Waals surface area contributed by atoms with Crippen molar-refractivity contribution in [2.45, 2.75) is 169 Å². The average Bonchev–Trinajstić information content (AvgIpc) is 3.77. The van der Waals surface area contributed by atoms with Crippen LogP contribution in [-0.4, -0.2) is 11.4 Å². The van der Waals surface area contributed by atoms with Crippen molar-refractivity contribution in [1.82, 2.24) is 4.57 Å². The van der Waals surface area contributed by atoms with Gasteiger partial charge in [-0.25, -0.2) is 0 Å². The minimum absolute atomic E-state index is 0.0295. The Labute approximate surface area is 398 Å². The van der Waals surface area contributed by atoms with Crippen LogP contribution in [0, 0.1) is 13.8 Å². The van der Waals surface area contributed by atoms with E-state index in [9.17, 15) is 0 Å². The monoisotopic (exact) mass is 885 g/mol. The molecule has 2 nitrogen and oxygen atoms in total. The van der Waals surface area contributed by atoms with E-state index >= 15 is 0 Å². The molecule has 0 bridgehead atoms. The first-order valence-corrected chi connectivity index (χ1v) is 25.9.